The number of ether oxygens (including phenoxy) is 1. The van der Waals surface area contributed by atoms with Crippen LogP contribution in [0.4, 0.5) is 0 Å². The molecule has 110 valence electrons. The summed E-state index contributed by atoms with van der Waals surface area (Å²) >= 11 is 0. The first-order valence-electron chi connectivity index (χ1n) is 7.08. The minimum absolute atomic E-state index is 0.0391. The van der Waals surface area contributed by atoms with E-state index in [2.05, 4.69) is 13.5 Å². The molecule has 1 amide bonds. The predicted molar refractivity (Wildman–Crippen MR) is 77.0 cm³/mol. The molecule has 0 spiro atoms. The molecule has 4 nitrogen and oxygen atoms in total. The molecule has 0 saturated heterocycles. The summed E-state index contributed by atoms with van der Waals surface area (Å²) in [6.45, 7) is 6.81. The Morgan fingerprint density at radius 1 is 1.21 bits per heavy atom. The maximum Gasteiger partial charge on any atom is 0.245 e. The van der Waals surface area contributed by atoms with Gasteiger partial charge in [0, 0.05) is 26.6 Å². The Kier molecular flexibility index (Phi) is 11.2. The van der Waals surface area contributed by atoms with E-state index in [1.807, 2.05) is 0 Å². The lowest BCUT2D eigenvalue weighted by molar-refractivity contribution is -0.127. The third-order valence-corrected chi connectivity index (χ3v) is 2.93. The smallest absolute Gasteiger partial charge is 0.245 e. The van der Waals surface area contributed by atoms with E-state index in [1.54, 1.807) is 7.05 Å². The summed E-state index contributed by atoms with van der Waals surface area (Å²) in [4.78, 5) is 24.2. The maximum atomic E-state index is 11.5. The van der Waals surface area contributed by atoms with Crippen molar-refractivity contribution in [1.82, 2.24) is 4.90 Å². The van der Waals surface area contributed by atoms with Crippen LogP contribution >= 0.6 is 0 Å². The average molecular weight is 269 g/mol. The first kappa shape index (κ1) is 17.8. The molecule has 0 aliphatic heterocycles. The minimum atomic E-state index is -0.162. The highest BCUT2D eigenvalue weighted by Gasteiger charge is 2.07. The van der Waals surface area contributed by atoms with Gasteiger partial charge in [-0.05, 0) is 12.5 Å². The highest BCUT2D eigenvalue weighted by molar-refractivity contribution is 5.87. The molecule has 0 aromatic heterocycles. The van der Waals surface area contributed by atoms with Crippen molar-refractivity contribution in [3.05, 3.63) is 12.7 Å². The van der Waals surface area contributed by atoms with Gasteiger partial charge in [-0.3, -0.25) is 9.59 Å². The second-order valence-electron chi connectivity index (χ2n) is 4.72. The number of carbonyl (C=O) groups excluding carboxylic acids is 2. The van der Waals surface area contributed by atoms with Crippen LogP contribution in [-0.2, 0) is 14.3 Å². The molecule has 0 aliphatic carbocycles. The van der Waals surface area contributed by atoms with Crippen LogP contribution in [0, 0.1) is 0 Å². The van der Waals surface area contributed by atoms with Crippen molar-refractivity contribution in [1.29, 1.82) is 0 Å². The predicted octanol–water partition coefficient (Wildman–Crippen LogP) is 2.58. The second-order valence-corrected chi connectivity index (χ2v) is 4.72. The van der Waals surface area contributed by atoms with Crippen molar-refractivity contribution >= 4 is 11.7 Å². The number of amides is 1. The van der Waals surface area contributed by atoms with Crippen LogP contribution in [0.15, 0.2) is 12.7 Å². The topological polar surface area (TPSA) is 46.6 Å². The molecule has 0 aliphatic rings. The zero-order chi connectivity index (χ0) is 14.5. The van der Waals surface area contributed by atoms with Gasteiger partial charge in [0.15, 0.2) is 5.78 Å². The lowest BCUT2D eigenvalue weighted by Crippen LogP contribution is -2.28. The molecular weight excluding hydrogens is 242 g/mol. The fourth-order valence-electron chi connectivity index (χ4n) is 1.62. The van der Waals surface area contributed by atoms with Crippen molar-refractivity contribution in [2.75, 3.05) is 26.8 Å². The van der Waals surface area contributed by atoms with Crippen molar-refractivity contribution < 1.29 is 14.3 Å². The normalized spacial score (nSPS) is 10.2. The van der Waals surface area contributed by atoms with Gasteiger partial charge in [0.25, 0.3) is 0 Å². The Morgan fingerprint density at radius 3 is 2.53 bits per heavy atom. The van der Waals surface area contributed by atoms with E-state index in [-0.39, 0.29) is 18.3 Å². The molecule has 0 aromatic carbocycles. The molecule has 0 rings (SSSR count). The summed E-state index contributed by atoms with van der Waals surface area (Å²) in [7, 11) is 1.66. The van der Waals surface area contributed by atoms with E-state index in [4.69, 9.17) is 4.74 Å². The van der Waals surface area contributed by atoms with Gasteiger partial charge in [0.1, 0.15) is 6.61 Å². The van der Waals surface area contributed by atoms with Crippen molar-refractivity contribution in [3.8, 4) is 0 Å². The quantitative estimate of drug-likeness (QED) is 0.404. The van der Waals surface area contributed by atoms with Crippen LogP contribution in [0.2, 0.25) is 0 Å². The minimum Gasteiger partial charge on any atom is -0.374 e. The van der Waals surface area contributed by atoms with E-state index >= 15 is 0 Å². The standard InChI is InChI=1S/C15H27NO3/c1-4-6-7-8-9-12-19-13-14(17)10-11-16(3)15(18)5-2/h5H,2,4,6-13H2,1,3H3. The zero-order valence-electron chi connectivity index (χ0n) is 12.3. The van der Waals surface area contributed by atoms with Crippen molar-refractivity contribution in [3.63, 3.8) is 0 Å². The number of ketones is 1. The highest BCUT2D eigenvalue weighted by atomic mass is 16.5. The number of rotatable bonds is 12. The fourth-order valence-corrected chi connectivity index (χ4v) is 1.62. The summed E-state index contributed by atoms with van der Waals surface area (Å²) in [5.41, 5.74) is 0. The summed E-state index contributed by atoms with van der Waals surface area (Å²) in [6, 6.07) is 0. The Balaban J connectivity index is 3.44. The molecule has 0 fully saturated rings. The third-order valence-electron chi connectivity index (χ3n) is 2.93. The van der Waals surface area contributed by atoms with Gasteiger partial charge in [-0.15, -0.1) is 0 Å². The molecule has 0 atom stereocenters. The van der Waals surface area contributed by atoms with E-state index in [0.29, 0.717) is 19.6 Å². The van der Waals surface area contributed by atoms with Crippen molar-refractivity contribution in [2.24, 2.45) is 0 Å². The SMILES string of the molecule is C=CC(=O)N(C)CCC(=O)COCCCCCCC. The molecule has 0 heterocycles. The molecule has 0 radical (unpaired) electrons. The molecule has 0 bridgehead atoms. The number of nitrogens with zero attached hydrogens (tertiary/aromatic N) is 1. The van der Waals surface area contributed by atoms with E-state index in [0.717, 1.165) is 6.42 Å². The Morgan fingerprint density at radius 2 is 1.89 bits per heavy atom. The number of likely N-dealkylation sites (N-methyl/N-ethyl adjacent to an activating group) is 1. The monoisotopic (exact) mass is 269 g/mol. The van der Waals surface area contributed by atoms with Gasteiger partial charge in [0.05, 0.1) is 0 Å². The summed E-state index contributed by atoms with van der Waals surface area (Å²) in [5.74, 6) is -0.123. The molecule has 0 aromatic rings. The second kappa shape index (κ2) is 11.9. The van der Waals surface area contributed by atoms with Gasteiger partial charge in [-0.2, -0.15) is 0 Å². The van der Waals surface area contributed by atoms with Gasteiger partial charge < -0.3 is 9.64 Å². The van der Waals surface area contributed by atoms with Gasteiger partial charge in [-0.25, -0.2) is 0 Å². The molecule has 0 N–H and O–H groups in total. The maximum absolute atomic E-state index is 11.5. The number of unbranched alkanes of at least 4 members (excludes halogenated alkanes) is 4. The first-order chi connectivity index (χ1) is 9.11. The van der Waals surface area contributed by atoms with Crippen LogP contribution in [0.5, 0.6) is 0 Å². The van der Waals surface area contributed by atoms with Crippen LogP contribution < -0.4 is 0 Å². The Bertz CT molecular complexity index is 277. The fraction of sp³-hybridized carbons (Fsp3) is 0.733. The third kappa shape index (κ3) is 10.4. The molecule has 0 unspecified atom stereocenters. The molecular formula is C15H27NO3. The van der Waals surface area contributed by atoms with E-state index in [9.17, 15) is 9.59 Å². The van der Waals surface area contributed by atoms with Crippen LogP contribution in [0.25, 0.3) is 0 Å². The number of Topliss-reactive ketones (excluding diaryl/α,β-unsaturated/α-hetero) is 1. The number of hydrogen-bond acceptors (Lipinski definition) is 3. The average Bonchev–Trinajstić information content (AvgIpc) is 2.42. The van der Waals surface area contributed by atoms with Crippen molar-refractivity contribution in [2.45, 2.75) is 45.4 Å². The molecule has 19 heavy (non-hydrogen) atoms. The van der Waals surface area contributed by atoms with Gasteiger partial charge in [-0.1, -0.05) is 39.2 Å². The summed E-state index contributed by atoms with van der Waals surface area (Å²) in [5, 5.41) is 0. The Labute approximate surface area is 116 Å². The number of carbonyl (C=O) groups is 2. The zero-order valence-corrected chi connectivity index (χ0v) is 12.3. The molecule has 4 heteroatoms. The summed E-state index contributed by atoms with van der Waals surface area (Å²) < 4.78 is 5.32. The van der Waals surface area contributed by atoms with Crippen LogP contribution in [0.3, 0.4) is 0 Å². The Hall–Kier alpha value is -1.16. The number of hydrogen-bond donors (Lipinski definition) is 0. The van der Waals surface area contributed by atoms with E-state index in [1.165, 1.54) is 36.7 Å². The summed E-state index contributed by atoms with van der Waals surface area (Å²) in [6.07, 6.45) is 7.51. The first-order valence-corrected chi connectivity index (χ1v) is 7.08. The van der Waals surface area contributed by atoms with Crippen LogP contribution in [0.1, 0.15) is 45.4 Å². The molecule has 0 saturated carbocycles. The van der Waals surface area contributed by atoms with Gasteiger partial charge in [0.2, 0.25) is 5.91 Å². The van der Waals surface area contributed by atoms with Gasteiger partial charge >= 0.3 is 0 Å². The lowest BCUT2D eigenvalue weighted by Gasteiger charge is -2.14. The lowest BCUT2D eigenvalue weighted by atomic mass is 10.2. The largest absolute Gasteiger partial charge is 0.374 e. The van der Waals surface area contributed by atoms with Crippen LogP contribution in [-0.4, -0.2) is 43.4 Å². The van der Waals surface area contributed by atoms with E-state index < -0.39 is 0 Å². The highest BCUT2D eigenvalue weighted by Crippen LogP contribution is 2.02.